The number of aliphatic hydroxyl groups excluding tert-OH is 2. The Bertz CT molecular complexity index is 1490. The molecular weight excluding hydrogens is 502 g/mol. The van der Waals surface area contributed by atoms with Crippen molar-refractivity contribution in [2.75, 3.05) is 33.1 Å². The van der Waals surface area contributed by atoms with Crippen LogP contribution >= 0.6 is 0 Å². The third-order valence-electron chi connectivity index (χ3n) is 8.26. The molecule has 0 radical (unpaired) electrons. The lowest BCUT2D eigenvalue weighted by atomic mass is 9.57. The van der Waals surface area contributed by atoms with Crippen molar-refractivity contribution in [1.29, 1.82) is 0 Å². The predicted octanol–water partition coefficient (Wildman–Crippen LogP) is 1.70. The molecule has 39 heavy (non-hydrogen) atoms. The Labute approximate surface area is 225 Å². The van der Waals surface area contributed by atoms with E-state index in [2.05, 4.69) is 0 Å². The number of hydrogen-bond donors (Lipinski definition) is 5. The van der Waals surface area contributed by atoms with Crippen LogP contribution in [-0.4, -0.2) is 82.6 Å². The Balaban J connectivity index is 1.78. The van der Waals surface area contributed by atoms with E-state index in [4.69, 9.17) is 5.73 Å². The van der Waals surface area contributed by atoms with Crippen LogP contribution in [0, 0.1) is 11.8 Å². The molecule has 2 aromatic rings. The molecule has 0 bridgehead atoms. The molecule has 6 N–H and O–H groups in total. The maximum absolute atomic E-state index is 14.0. The van der Waals surface area contributed by atoms with E-state index in [1.165, 1.54) is 4.90 Å². The number of amides is 1. The number of aromatic hydroxyl groups is 1. The SMILES string of the molecule is CN(C)c1cc(-c2ccccc2)c(O)c2c1C[C@H]1C[C@H]3[C@H](N(C)C)C(=O)C(C(N)=O)=C(O)[C@]3(O)C(=O)C1=C2O. The zero-order valence-corrected chi connectivity index (χ0v) is 22.1. The molecular formula is C29H31N3O7. The smallest absolute Gasteiger partial charge is 0.255 e. The van der Waals surface area contributed by atoms with Gasteiger partial charge in [0.25, 0.3) is 5.91 Å². The molecule has 4 atom stereocenters. The average molecular weight is 534 g/mol. The molecule has 0 aliphatic heterocycles. The maximum Gasteiger partial charge on any atom is 0.255 e. The topological polar surface area (TPSA) is 165 Å². The number of fused-ring (bicyclic) bond motifs is 3. The second-order valence-corrected chi connectivity index (χ2v) is 10.9. The van der Waals surface area contributed by atoms with Crippen LogP contribution in [0.25, 0.3) is 16.9 Å². The zero-order valence-electron chi connectivity index (χ0n) is 22.1. The number of likely N-dealkylation sites (N-methyl/N-ethyl adjacent to an activating group) is 1. The van der Waals surface area contributed by atoms with Gasteiger partial charge in [-0.3, -0.25) is 19.3 Å². The number of hydrogen-bond acceptors (Lipinski definition) is 9. The van der Waals surface area contributed by atoms with Gasteiger partial charge in [0.15, 0.2) is 11.4 Å². The van der Waals surface area contributed by atoms with Crippen molar-refractivity contribution in [1.82, 2.24) is 4.90 Å². The highest BCUT2D eigenvalue weighted by Gasteiger charge is 2.64. The third-order valence-corrected chi connectivity index (χ3v) is 8.26. The highest BCUT2D eigenvalue weighted by Crippen LogP contribution is 2.54. The summed E-state index contributed by atoms with van der Waals surface area (Å²) in [5.74, 6) is -6.66. The van der Waals surface area contributed by atoms with Crippen LogP contribution in [0.15, 0.2) is 53.3 Å². The van der Waals surface area contributed by atoms with Crippen LogP contribution in [0.4, 0.5) is 5.69 Å². The fourth-order valence-electron chi connectivity index (χ4n) is 6.53. The van der Waals surface area contributed by atoms with E-state index in [9.17, 15) is 34.8 Å². The number of nitrogens with two attached hydrogens (primary N) is 1. The maximum atomic E-state index is 14.0. The summed E-state index contributed by atoms with van der Waals surface area (Å²) < 4.78 is 0. The number of phenolic OH excluding ortho intramolecular Hbond substituents is 1. The molecule has 1 amide bonds. The number of benzene rings is 2. The van der Waals surface area contributed by atoms with Crippen molar-refractivity contribution in [3.8, 4) is 16.9 Å². The first-order valence-electron chi connectivity index (χ1n) is 12.6. The van der Waals surface area contributed by atoms with Crippen molar-refractivity contribution >= 4 is 28.9 Å². The van der Waals surface area contributed by atoms with E-state index in [0.29, 0.717) is 16.7 Å². The molecule has 10 heteroatoms. The minimum absolute atomic E-state index is 0.0415. The van der Waals surface area contributed by atoms with Gasteiger partial charge >= 0.3 is 0 Å². The summed E-state index contributed by atoms with van der Waals surface area (Å²) in [7, 11) is 6.80. The van der Waals surface area contributed by atoms with Gasteiger partial charge in [-0.2, -0.15) is 0 Å². The molecule has 3 aliphatic carbocycles. The van der Waals surface area contributed by atoms with E-state index < -0.39 is 58.0 Å². The number of carbonyl (C=O) groups excluding carboxylic acids is 3. The Kier molecular flexibility index (Phi) is 6.08. The number of rotatable bonds is 4. The summed E-state index contributed by atoms with van der Waals surface area (Å²) in [6.45, 7) is 0. The second-order valence-electron chi connectivity index (χ2n) is 10.9. The molecule has 10 nitrogen and oxygen atoms in total. The number of Topliss-reactive ketones (excluding diaryl/α,β-unsaturated/α-hetero) is 2. The molecule has 2 aromatic carbocycles. The molecule has 3 aliphatic rings. The summed E-state index contributed by atoms with van der Waals surface area (Å²) in [6, 6.07) is 9.79. The zero-order chi connectivity index (χ0) is 28.5. The number of nitrogens with zero attached hydrogens (tertiary/aromatic N) is 2. The molecule has 1 saturated carbocycles. The number of aliphatic hydroxyl groups is 3. The molecule has 5 rings (SSSR count). The number of anilines is 1. The normalized spacial score (nSPS) is 26.4. The average Bonchev–Trinajstić information content (AvgIpc) is 2.86. The third kappa shape index (κ3) is 3.59. The lowest BCUT2D eigenvalue weighted by molar-refractivity contribution is -0.153. The minimum Gasteiger partial charge on any atom is -0.508 e. The second kappa shape index (κ2) is 8.96. The van der Waals surface area contributed by atoms with Crippen LogP contribution in [0.3, 0.4) is 0 Å². The molecule has 0 unspecified atom stereocenters. The lowest BCUT2D eigenvalue weighted by Gasteiger charge is -2.50. The van der Waals surface area contributed by atoms with E-state index >= 15 is 0 Å². The van der Waals surface area contributed by atoms with Gasteiger partial charge in [-0.15, -0.1) is 0 Å². The molecule has 0 saturated heterocycles. The number of ketones is 2. The highest BCUT2D eigenvalue weighted by atomic mass is 16.3. The summed E-state index contributed by atoms with van der Waals surface area (Å²) in [5, 5.41) is 45.7. The van der Waals surface area contributed by atoms with Gasteiger partial charge in [0.2, 0.25) is 5.78 Å². The van der Waals surface area contributed by atoms with Gasteiger partial charge in [-0.05, 0) is 50.0 Å². The van der Waals surface area contributed by atoms with Gasteiger partial charge in [0, 0.05) is 36.8 Å². The van der Waals surface area contributed by atoms with Crippen molar-refractivity contribution in [3.63, 3.8) is 0 Å². The van der Waals surface area contributed by atoms with Gasteiger partial charge in [0.05, 0.1) is 11.6 Å². The standard InChI is InChI=1S/C29H31N3O7/c1-31(2)18-12-15(13-8-6-5-7-9-13)23(33)20-16(18)10-14-11-17-22(32(3)4)25(35)21(28(30)38)27(37)29(17,39)26(36)19(14)24(20)34/h5-9,12,14,17,22,33-34,37,39H,10-11H2,1-4H3,(H2,30,38)/t14-,17-,22-,29+/m0/s1. The fourth-order valence-corrected chi connectivity index (χ4v) is 6.53. The summed E-state index contributed by atoms with van der Waals surface area (Å²) in [4.78, 5) is 42.7. The summed E-state index contributed by atoms with van der Waals surface area (Å²) >= 11 is 0. The number of phenols is 1. The quantitative estimate of drug-likeness (QED) is 0.368. The largest absolute Gasteiger partial charge is 0.508 e. The summed E-state index contributed by atoms with van der Waals surface area (Å²) in [5.41, 5.74) is 4.25. The number of carbonyl (C=O) groups is 3. The minimum atomic E-state index is -2.67. The van der Waals surface area contributed by atoms with E-state index in [-0.39, 0.29) is 29.7 Å². The van der Waals surface area contributed by atoms with Gasteiger partial charge < -0.3 is 31.1 Å². The lowest BCUT2D eigenvalue weighted by Crippen LogP contribution is -2.65. The van der Waals surface area contributed by atoms with Crippen LogP contribution in [0.2, 0.25) is 0 Å². The first-order valence-corrected chi connectivity index (χ1v) is 12.6. The number of primary amides is 1. The molecule has 0 heterocycles. The molecule has 0 spiro atoms. The van der Waals surface area contributed by atoms with Crippen molar-refractivity contribution in [2.24, 2.45) is 17.6 Å². The monoisotopic (exact) mass is 533 g/mol. The van der Waals surface area contributed by atoms with E-state index in [1.54, 1.807) is 14.1 Å². The van der Waals surface area contributed by atoms with Crippen LogP contribution in [-0.2, 0) is 20.8 Å². The van der Waals surface area contributed by atoms with Gasteiger partial charge in [0.1, 0.15) is 22.8 Å². The summed E-state index contributed by atoms with van der Waals surface area (Å²) in [6.07, 6.45) is 0.268. The Morgan fingerprint density at radius 3 is 2.26 bits per heavy atom. The first-order chi connectivity index (χ1) is 18.3. The molecule has 1 fully saturated rings. The Morgan fingerprint density at radius 2 is 1.69 bits per heavy atom. The van der Waals surface area contributed by atoms with Crippen LogP contribution in [0.1, 0.15) is 17.5 Å². The molecule has 0 aromatic heterocycles. The first kappa shape index (κ1) is 26.5. The van der Waals surface area contributed by atoms with E-state index in [1.807, 2.05) is 55.4 Å². The Hall–Kier alpha value is -4.15. The highest BCUT2D eigenvalue weighted by molar-refractivity contribution is 6.24. The van der Waals surface area contributed by atoms with Gasteiger partial charge in [-0.1, -0.05) is 30.3 Å². The van der Waals surface area contributed by atoms with E-state index in [0.717, 1.165) is 5.69 Å². The Morgan fingerprint density at radius 1 is 1.05 bits per heavy atom. The van der Waals surface area contributed by atoms with Crippen LogP contribution < -0.4 is 10.6 Å². The van der Waals surface area contributed by atoms with Crippen LogP contribution in [0.5, 0.6) is 5.75 Å². The van der Waals surface area contributed by atoms with Crippen molar-refractivity contribution in [3.05, 3.63) is 64.4 Å². The van der Waals surface area contributed by atoms with Crippen molar-refractivity contribution in [2.45, 2.75) is 24.5 Å². The van der Waals surface area contributed by atoms with Gasteiger partial charge in [-0.25, -0.2) is 0 Å². The predicted molar refractivity (Wildman–Crippen MR) is 144 cm³/mol. The fraction of sp³-hybridized carbons (Fsp3) is 0.345. The van der Waals surface area contributed by atoms with Crippen molar-refractivity contribution < 1.29 is 34.8 Å². The molecule has 204 valence electrons.